The number of benzene rings is 1. The minimum absolute atomic E-state index is 0.241. The van der Waals surface area contributed by atoms with Gasteiger partial charge in [-0.25, -0.2) is 0 Å². The number of hydrogen-bond acceptors (Lipinski definition) is 4. The quantitative estimate of drug-likeness (QED) is 0.320. The third kappa shape index (κ3) is 10.2. The highest BCUT2D eigenvalue weighted by Gasteiger charge is 2.12. The first-order chi connectivity index (χ1) is 12.8. The molecule has 4 nitrogen and oxygen atoms in total. The third-order valence-corrected chi connectivity index (χ3v) is 4.73. The molecule has 0 aliphatic heterocycles. The Bertz CT molecular complexity index is 546. The Morgan fingerprint density at radius 2 is 1.19 bits per heavy atom. The van der Waals surface area contributed by atoms with Gasteiger partial charge < -0.3 is 9.47 Å². The number of esters is 2. The van der Waals surface area contributed by atoms with E-state index in [4.69, 9.17) is 9.47 Å². The van der Waals surface area contributed by atoms with E-state index in [2.05, 4.69) is 27.7 Å². The molecule has 0 heterocycles. The fourth-order valence-electron chi connectivity index (χ4n) is 3.20. The molecule has 0 aromatic heterocycles. The first-order valence-corrected chi connectivity index (χ1v) is 10.4. The molecule has 0 saturated heterocycles. The maximum absolute atomic E-state index is 12.1. The highest BCUT2D eigenvalue weighted by molar-refractivity contribution is 5.74. The van der Waals surface area contributed by atoms with Crippen molar-refractivity contribution in [1.82, 2.24) is 0 Å². The molecule has 0 aliphatic carbocycles. The first-order valence-electron chi connectivity index (χ1n) is 10.4. The van der Waals surface area contributed by atoms with E-state index < -0.39 is 0 Å². The molecule has 2 unspecified atom stereocenters. The van der Waals surface area contributed by atoms with Crippen LogP contribution < -0.4 is 9.47 Å². The number of rotatable bonds is 12. The van der Waals surface area contributed by atoms with Crippen molar-refractivity contribution in [1.29, 1.82) is 0 Å². The van der Waals surface area contributed by atoms with Gasteiger partial charge in [0.25, 0.3) is 0 Å². The average molecular weight is 377 g/mol. The predicted molar refractivity (Wildman–Crippen MR) is 109 cm³/mol. The van der Waals surface area contributed by atoms with Gasteiger partial charge in [-0.15, -0.1) is 0 Å². The van der Waals surface area contributed by atoms with E-state index in [1.165, 1.54) is 0 Å². The van der Waals surface area contributed by atoms with Gasteiger partial charge in [-0.05, 0) is 49.3 Å². The molecule has 1 rings (SSSR count). The summed E-state index contributed by atoms with van der Waals surface area (Å²) in [6, 6.07) is 5.19. The molecule has 0 aliphatic rings. The normalized spacial score (nSPS) is 13.1. The average Bonchev–Trinajstić information content (AvgIpc) is 2.58. The van der Waals surface area contributed by atoms with Gasteiger partial charge in [0.15, 0.2) is 0 Å². The molecule has 0 N–H and O–H groups in total. The second-order valence-corrected chi connectivity index (χ2v) is 7.79. The van der Waals surface area contributed by atoms with Gasteiger partial charge in [0.05, 0.1) is 0 Å². The van der Waals surface area contributed by atoms with Crippen molar-refractivity contribution in [3.8, 4) is 11.5 Å². The Kier molecular flexibility index (Phi) is 10.8. The zero-order valence-electron chi connectivity index (χ0n) is 17.7. The molecule has 0 fully saturated rings. The molecule has 0 bridgehead atoms. The maximum atomic E-state index is 12.1. The molecule has 0 amide bonds. The largest absolute Gasteiger partial charge is 0.426 e. The van der Waals surface area contributed by atoms with Crippen molar-refractivity contribution < 1.29 is 19.1 Å². The van der Waals surface area contributed by atoms with Crippen LogP contribution in [0.3, 0.4) is 0 Å². The number of aryl methyl sites for hydroxylation is 1. The lowest BCUT2D eigenvalue weighted by atomic mass is 10.0. The van der Waals surface area contributed by atoms with Gasteiger partial charge in [-0.1, -0.05) is 53.4 Å². The van der Waals surface area contributed by atoms with Gasteiger partial charge in [-0.3, -0.25) is 9.59 Å². The lowest BCUT2D eigenvalue weighted by Gasteiger charge is -2.12. The number of ether oxygens (including phenoxy) is 2. The summed E-state index contributed by atoms with van der Waals surface area (Å²) in [5.74, 6) is 1.43. The van der Waals surface area contributed by atoms with E-state index in [-0.39, 0.29) is 11.9 Å². The second kappa shape index (κ2) is 12.5. The Balaban J connectivity index is 2.55. The van der Waals surface area contributed by atoms with Crippen molar-refractivity contribution in [3.05, 3.63) is 23.8 Å². The lowest BCUT2D eigenvalue weighted by molar-refractivity contribution is -0.135. The molecule has 1 aromatic rings. The SMILES string of the molecule is CCCC(C)CCC(=O)Oc1cc(C)cc(OC(=O)CCC(C)CCC)c1. The van der Waals surface area contributed by atoms with Gasteiger partial charge in [0.1, 0.15) is 11.5 Å². The Labute approximate surface area is 164 Å². The van der Waals surface area contributed by atoms with Gasteiger partial charge >= 0.3 is 11.9 Å². The third-order valence-electron chi connectivity index (χ3n) is 4.73. The van der Waals surface area contributed by atoms with E-state index >= 15 is 0 Å². The summed E-state index contributed by atoms with van der Waals surface area (Å²) >= 11 is 0. The summed E-state index contributed by atoms with van der Waals surface area (Å²) in [4.78, 5) is 24.1. The van der Waals surface area contributed by atoms with Crippen LogP contribution in [-0.2, 0) is 9.59 Å². The van der Waals surface area contributed by atoms with Crippen molar-refractivity contribution in [3.63, 3.8) is 0 Å². The smallest absolute Gasteiger partial charge is 0.311 e. The van der Waals surface area contributed by atoms with Gasteiger partial charge in [-0.2, -0.15) is 0 Å². The molecular formula is C23H36O4. The van der Waals surface area contributed by atoms with Crippen LogP contribution in [0.15, 0.2) is 18.2 Å². The zero-order chi connectivity index (χ0) is 20.2. The Hall–Kier alpha value is -1.84. The van der Waals surface area contributed by atoms with E-state index in [0.29, 0.717) is 36.2 Å². The molecular weight excluding hydrogens is 340 g/mol. The van der Waals surface area contributed by atoms with Crippen molar-refractivity contribution in [2.24, 2.45) is 11.8 Å². The standard InChI is InChI=1S/C23H36O4/c1-6-8-17(3)10-12-22(24)26-20-14-19(5)15-21(16-20)27-23(25)13-11-18(4)9-7-2/h14-18H,6-13H2,1-5H3. The zero-order valence-corrected chi connectivity index (χ0v) is 17.7. The lowest BCUT2D eigenvalue weighted by Crippen LogP contribution is -2.11. The molecule has 4 heteroatoms. The minimum atomic E-state index is -0.241. The summed E-state index contributed by atoms with van der Waals surface area (Å²) in [6.07, 6.45) is 6.95. The fourth-order valence-corrected chi connectivity index (χ4v) is 3.20. The molecule has 2 atom stereocenters. The van der Waals surface area contributed by atoms with Gasteiger partial charge in [0, 0.05) is 18.9 Å². The molecule has 0 spiro atoms. The summed E-state index contributed by atoms with van der Waals surface area (Å²) in [5.41, 5.74) is 0.891. The van der Waals surface area contributed by atoms with Crippen LogP contribution in [0, 0.1) is 18.8 Å². The van der Waals surface area contributed by atoms with Crippen molar-refractivity contribution >= 4 is 11.9 Å². The highest BCUT2D eigenvalue weighted by Crippen LogP contribution is 2.24. The van der Waals surface area contributed by atoms with Crippen LogP contribution in [0.5, 0.6) is 11.5 Å². The van der Waals surface area contributed by atoms with Crippen LogP contribution >= 0.6 is 0 Å². The Morgan fingerprint density at radius 1 is 0.778 bits per heavy atom. The predicted octanol–water partition coefficient (Wildman–Crippen LogP) is 6.24. The Morgan fingerprint density at radius 3 is 1.56 bits per heavy atom. The van der Waals surface area contributed by atoms with Crippen LogP contribution in [0.25, 0.3) is 0 Å². The summed E-state index contributed by atoms with van der Waals surface area (Å²) < 4.78 is 10.9. The fraction of sp³-hybridized carbons (Fsp3) is 0.652. The monoisotopic (exact) mass is 376 g/mol. The van der Waals surface area contributed by atoms with Crippen LogP contribution in [0.2, 0.25) is 0 Å². The van der Waals surface area contributed by atoms with E-state index in [0.717, 1.165) is 44.1 Å². The number of hydrogen-bond donors (Lipinski definition) is 0. The van der Waals surface area contributed by atoms with Crippen LogP contribution in [0.1, 0.15) is 84.6 Å². The van der Waals surface area contributed by atoms with Crippen molar-refractivity contribution in [2.45, 2.75) is 86.0 Å². The first kappa shape index (κ1) is 23.2. The van der Waals surface area contributed by atoms with Crippen LogP contribution in [-0.4, -0.2) is 11.9 Å². The van der Waals surface area contributed by atoms with E-state index in [9.17, 15) is 9.59 Å². The molecule has 0 radical (unpaired) electrons. The number of carbonyl (C=O) groups is 2. The highest BCUT2D eigenvalue weighted by atomic mass is 16.5. The topological polar surface area (TPSA) is 52.6 Å². The minimum Gasteiger partial charge on any atom is -0.426 e. The van der Waals surface area contributed by atoms with Crippen LogP contribution in [0.4, 0.5) is 0 Å². The molecule has 0 saturated carbocycles. The summed E-state index contributed by atoms with van der Waals surface area (Å²) in [7, 11) is 0. The van der Waals surface area contributed by atoms with Crippen molar-refractivity contribution in [2.75, 3.05) is 0 Å². The summed E-state index contributed by atoms with van der Waals surface area (Å²) in [5, 5.41) is 0. The molecule has 27 heavy (non-hydrogen) atoms. The number of carbonyl (C=O) groups excluding carboxylic acids is 2. The second-order valence-electron chi connectivity index (χ2n) is 7.79. The van der Waals surface area contributed by atoms with E-state index in [1.54, 1.807) is 18.2 Å². The summed E-state index contributed by atoms with van der Waals surface area (Å²) in [6.45, 7) is 10.5. The maximum Gasteiger partial charge on any atom is 0.311 e. The van der Waals surface area contributed by atoms with Gasteiger partial charge in [0.2, 0.25) is 0 Å². The molecule has 152 valence electrons. The van der Waals surface area contributed by atoms with E-state index in [1.807, 2.05) is 6.92 Å². The molecule has 1 aromatic carbocycles.